The number of hydrogen-bond acceptors (Lipinski definition) is 7. The van der Waals surface area contributed by atoms with Gasteiger partial charge in [0.15, 0.2) is 0 Å². The predicted molar refractivity (Wildman–Crippen MR) is 158 cm³/mol. The standard InChI is InChI=1S/C31H30FN7O4/c32-24-14-18(36-30(41)27-25-16-43-13-12-38(25)39(31(27)42)20-4-2-1-3-5-20)6-11-22(24)23-15-37(19-7-9-21(40)10-8-19)29-26(23)28(33)34-17-35-29/h1-6,11,14-15,17,19,21,40H,7-10,12-13,16H2,(H,36,41)(H2,33,34,35). The Balaban J connectivity index is 1.22. The number of para-hydroxylation sites is 1. The van der Waals surface area contributed by atoms with E-state index in [9.17, 15) is 14.7 Å². The Morgan fingerprint density at radius 3 is 2.63 bits per heavy atom. The zero-order valence-electron chi connectivity index (χ0n) is 23.2. The highest BCUT2D eigenvalue weighted by atomic mass is 19.1. The fourth-order valence-corrected chi connectivity index (χ4v) is 6.28. The van der Waals surface area contributed by atoms with Crippen LogP contribution >= 0.6 is 0 Å². The monoisotopic (exact) mass is 583 g/mol. The number of carbonyl (C=O) groups excluding carboxylic acids is 1. The number of nitrogen functional groups attached to an aromatic ring is 1. The van der Waals surface area contributed by atoms with Gasteiger partial charge in [0.2, 0.25) is 0 Å². The smallest absolute Gasteiger partial charge is 0.284 e. The van der Waals surface area contributed by atoms with Gasteiger partial charge in [-0.15, -0.1) is 0 Å². The molecule has 1 aliphatic heterocycles. The highest BCUT2D eigenvalue weighted by Crippen LogP contribution is 2.39. The number of nitrogens with one attached hydrogen (secondary N) is 1. The molecule has 1 saturated carbocycles. The van der Waals surface area contributed by atoms with Crippen LogP contribution in [0.15, 0.2) is 65.8 Å². The van der Waals surface area contributed by atoms with E-state index in [1.807, 2.05) is 29.0 Å². The molecular weight excluding hydrogens is 553 g/mol. The van der Waals surface area contributed by atoms with Crippen molar-refractivity contribution in [3.8, 4) is 16.8 Å². The van der Waals surface area contributed by atoms with Crippen LogP contribution in [0.2, 0.25) is 0 Å². The lowest BCUT2D eigenvalue weighted by atomic mass is 9.93. The molecule has 220 valence electrons. The Labute approximate surface area is 245 Å². The van der Waals surface area contributed by atoms with Crippen molar-refractivity contribution >= 4 is 28.4 Å². The lowest BCUT2D eigenvalue weighted by molar-refractivity contribution is 0.0756. The van der Waals surface area contributed by atoms with Crippen molar-refractivity contribution in [2.24, 2.45) is 0 Å². The van der Waals surface area contributed by atoms with Crippen LogP contribution in [0.3, 0.4) is 0 Å². The minimum Gasteiger partial charge on any atom is -0.393 e. The number of ether oxygens (including phenoxy) is 1. The minimum absolute atomic E-state index is 0.0429. The van der Waals surface area contributed by atoms with E-state index in [1.54, 1.807) is 28.9 Å². The van der Waals surface area contributed by atoms with Crippen LogP contribution < -0.4 is 16.6 Å². The van der Waals surface area contributed by atoms with Crippen LogP contribution in [-0.4, -0.2) is 47.6 Å². The highest BCUT2D eigenvalue weighted by molar-refractivity contribution is 6.05. The topological polar surface area (TPSA) is 142 Å². The molecule has 5 aromatic rings. The first-order chi connectivity index (χ1) is 20.9. The first-order valence-corrected chi connectivity index (χ1v) is 14.3. The Bertz CT molecular complexity index is 1910. The van der Waals surface area contributed by atoms with Crippen LogP contribution in [0.25, 0.3) is 27.8 Å². The van der Waals surface area contributed by atoms with Crippen molar-refractivity contribution in [2.45, 2.75) is 51.0 Å². The number of hydrogen-bond donors (Lipinski definition) is 3. The van der Waals surface area contributed by atoms with E-state index >= 15 is 4.39 Å². The number of aromatic nitrogens is 5. The van der Waals surface area contributed by atoms with Crippen LogP contribution in [0.1, 0.15) is 47.8 Å². The molecular formula is C31H30FN7O4. The molecule has 0 atom stereocenters. The average Bonchev–Trinajstić information content (AvgIpc) is 3.54. The van der Waals surface area contributed by atoms with Crippen molar-refractivity contribution in [1.29, 1.82) is 0 Å². The molecule has 0 bridgehead atoms. The summed E-state index contributed by atoms with van der Waals surface area (Å²) < 4.78 is 26.6. The summed E-state index contributed by atoms with van der Waals surface area (Å²) in [6.07, 6.45) is 5.80. The molecule has 2 aromatic carbocycles. The van der Waals surface area contributed by atoms with Crippen LogP contribution in [0.4, 0.5) is 15.9 Å². The van der Waals surface area contributed by atoms with Crippen molar-refractivity contribution in [3.05, 3.63) is 88.5 Å². The summed E-state index contributed by atoms with van der Waals surface area (Å²) in [7, 11) is 0. The fraction of sp³-hybridized carbons (Fsp3) is 0.290. The predicted octanol–water partition coefficient (Wildman–Crippen LogP) is 4.03. The second-order valence-electron chi connectivity index (χ2n) is 11.0. The number of amides is 1. The highest BCUT2D eigenvalue weighted by Gasteiger charge is 2.29. The largest absolute Gasteiger partial charge is 0.393 e. The third-order valence-corrected chi connectivity index (χ3v) is 8.38. The molecule has 1 aliphatic carbocycles. The summed E-state index contributed by atoms with van der Waals surface area (Å²) in [5.74, 6) is -0.986. The van der Waals surface area contributed by atoms with Gasteiger partial charge >= 0.3 is 0 Å². The Morgan fingerprint density at radius 1 is 1.07 bits per heavy atom. The van der Waals surface area contributed by atoms with E-state index in [-0.39, 0.29) is 41.4 Å². The van der Waals surface area contributed by atoms with Gasteiger partial charge in [0, 0.05) is 29.1 Å². The normalized spacial score (nSPS) is 18.5. The van der Waals surface area contributed by atoms with E-state index in [4.69, 9.17) is 10.5 Å². The van der Waals surface area contributed by atoms with Gasteiger partial charge in [0.1, 0.15) is 29.2 Å². The molecule has 3 aromatic heterocycles. The summed E-state index contributed by atoms with van der Waals surface area (Å²) in [5.41, 5.74) is 8.47. The lowest BCUT2D eigenvalue weighted by Crippen LogP contribution is -2.26. The molecule has 1 fully saturated rings. The number of benzene rings is 2. The van der Waals surface area contributed by atoms with E-state index in [2.05, 4.69) is 15.3 Å². The zero-order valence-corrected chi connectivity index (χ0v) is 23.2. The summed E-state index contributed by atoms with van der Waals surface area (Å²) in [5, 5.41) is 13.2. The summed E-state index contributed by atoms with van der Waals surface area (Å²) in [4.78, 5) is 35.6. The molecule has 4 heterocycles. The summed E-state index contributed by atoms with van der Waals surface area (Å²) in [6.45, 7) is 0.937. The molecule has 43 heavy (non-hydrogen) atoms. The van der Waals surface area contributed by atoms with E-state index in [0.717, 1.165) is 12.8 Å². The number of aliphatic hydroxyl groups is 1. The third-order valence-electron chi connectivity index (χ3n) is 8.38. The molecule has 0 saturated heterocycles. The van der Waals surface area contributed by atoms with Crippen LogP contribution in [-0.2, 0) is 17.9 Å². The van der Waals surface area contributed by atoms with Crippen molar-refractivity contribution in [2.75, 3.05) is 17.7 Å². The fourth-order valence-electron chi connectivity index (χ4n) is 6.28. The molecule has 0 unspecified atom stereocenters. The van der Waals surface area contributed by atoms with E-state index in [1.165, 1.54) is 17.1 Å². The molecule has 7 rings (SSSR count). The van der Waals surface area contributed by atoms with Crippen LogP contribution in [0, 0.1) is 5.82 Å². The van der Waals surface area contributed by atoms with Gasteiger partial charge in [-0.2, -0.15) is 0 Å². The summed E-state index contributed by atoms with van der Waals surface area (Å²) in [6, 6.07) is 13.6. The van der Waals surface area contributed by atoms with Gasteiger partial charge in [0.05, 0.1) is 42.6 Å². The summed E-state index contributed by atoms with van der Waals surface area (Å²) >= 11 is 0. The number of rotatable bonds is 5. The number of halogens is 1. The van der Waals surface area contributed by atoms with Gasteiger partial charge in [-0.3, -0.25) is 14.3 Å². The van der Waals surface area contributed by atoms with Crippen LogP contribution in [0.5, 0.6) is 0 Å². The van der Waals surface area contributed by atoms with Crippen molar-refractivity contribution in [1.82, 2.24) is 23.9 Å². The SMILES string of the molecule is Nc1ncnc2c1c(-c1ccc(NC(=O)c3c4n(n(-c5ccccc5)c3=O)CCOC4)cc1F)cn2C1CCC(O)CC1. The Morgan fingerprint density at radius 2 is 1.86 bits per heavy atom. The molecule has 0 radical (unpaired) electrons. The number of anilines is 2. The van der Waals surface area contributed by atoms with Crippen molar-refractivity contribution < 1.29 is 19.0 Å². The quantitative estimate of drug-likeness (QED) is 0.284. The van der Waals surface area contributed by atoms with Gasteiger partial charge in [-0.05, 0) is 56.0 Å². The number of fused-ring (bicyclic) bond motifs is 2. The van der Waals surface area contributed by atoms with E-state index in [0.29, 0.717) is 54.0 Å². The first-order valence-electron chi connectivity index (χ1n) is 14.3. The Kier molecular flexibility index (Phi) is 6.79. The van der Waals surface area contributed by atoms with E-state index < -0.39 is 17.3 Å². The second-order valence-corrected chi connectivity index (χ2v) is 11.0. The maximum absolute atomic E-state index is 15.8. The number of carbonyl (C=O) groups is 1. The third kappa shape index (κ3) is 4.68. The minimum atomic E-state index is -0.644. The van der Waals surface area contributed by atoms with Crippen molar-refractivity contribution in [3.63, 3.8) is 0 Å². The first kappa shape index (κ1) is 27.0. The van der Waals surface area contributed by atoms with Gasteiger partial charge in [0.25, 0.3) is 11.5 Å². The maximum Gasteiger partial charge on any atom is 0.284 e. The average molecular weight is 584 g/mol. The number of nitrogens with two attached hydrogens (primary N) is 1. The lowest BCUT2D eigenvalue weighted by Gasteiger charge is -2.27. The molecule has 11 nitrogen and oxygen atoms in total. The van der Waals surface area contributed by atoms with Gasteiger partial charge in [-0.25, -0.2) is 19.0 Å². The second kappa shape index (κ2) is 10.8. The number of nitrogens with zero attached hydrogens (tertiary/aromatic N) is 5. The maximum atomic E-state index is 15.8. The zero-order chi connectivity index (χ0) is 29.7. The molecule has 4 N–H and O–H groups in total. The van der Waals surface area contributed by atoms with Gasteiger partial charge in [-0.1, -0.05) is 18.2 Å². The molecule has 2 aliphatic rings. The van der Waals surface area contributed by atoms with Gasteiger partial charge < -0.3 is 25.5 Å². The molecule has 0 spiro atoms. The molecule has 1 amide bonds. The Hall–Kier alpha value is -4.81. The molecule has 12 heteroatoms. The number of aliphatic hydroxyl groups excluding tert-OH is 1.